The topological polar surface area (TPSA) is 79.8 Å². The predicted octanol–water partition coefficient (Wildman–Crippen LogP) is 2.89. The number of hydrogen-bond acceptors (Lipinski definition) is 5. The molecular formula is C18H24IN3O3S2. The van der Waals surface area contributed by atoms with E-state index in [4.69, 9.17) is 4.74 Å². The number of guanidine groups is 1. The van der Waals surface area contributed by atoms with Crippen molar-refractivity contribution in [3.05, 3.63) is 40.6 Å². The Bertz CT molecular complexity index is 880. The molecule has 0 radical (unpaired) electrons. The highest BCUT2D eigenvalue weighted by Crippen LogP contribution is 2.27. The summed E-state index contributed by atoms with van der Waals surface area (Å²) < 4.78 is 28.3. The summed E-state index contributed by atoms with van der Waals surface area (Å²) in [7, 11) is 0.448. The first kappa shape index (κ1) is 22.0. The number of methoxy groups -OCH3 is 1. The minimum atomic E-state index is -2.90. The van der Waals surface area contributed by atoms with Gasteiger partial charge in [0.05, 0.1) is 25.2 Å². The third-order valence-corrected chi connectivity index (χ3v) is 7.01. The maximum absolute atomic E-state index is 11.6. The van der Waals surface area contributed by atoms with Gasteiger partial charge >= 0.3 is 0 Å². The van der Waals surface area contributed by atoms with Crippen LogP contribution in [0.25, 0.3) is 11.1 Å². The van der Waals surface area contributed by atoms with Crippen LogP contribution in [0, 0.1) is 0 Å². The number of hydrogen-bond donors (Lipinski definition) is 2. The SMILES string of the molecule is CN=C(NCc1cc(-c2ccc(OC)cc2)cs1)NC1CCS(=O)(=O)C1.I. The van der Waals surface area contributed by atoms with Crippen LogP contribution in [-0.2, 0) is 16.4 Å². The van der Waals surface area contributed by atoms with Gasteiger partial charge in [0.15, 0.2) is 15.8 Å². The molecule has 1 fully saturated rings. The summed E-state index contributed by atoms with van der Waals surface area (Å²) in [5.74, 6) is 1.90. The fraction of sp³-hybridized carbons (Fsp3) is 0.389. The van der Waals surface area contributed by atoms with Crippen molar-refractivity contribution < 1.29 is 13.2 Å². The van der Waals surface area contributed by atoms with E-state index in [1.807, 2.05) is 24.3 Å². The summed E-state index contributed by atoms with van der Waals surface area (Å²) in [6, 6.07) is 10.1. The number of rotatable bonds is 5. The lowest BCUT2D eigenvalue weighted by atomic mass is 10.1. The van der Waals surface area contributed by atoms with Crippen LogP contribution in [0.1, 0.15) is 11.3 Å². The van der Waals surface area contributed by atoms with Gasteiger partial charge in [0.25, 0.3) is 0 Å². The Morgan fingerprint density at radius 2 is 2.04 bits per heavy atom. The fourth-order valence-corrected chi connectivity index (χ4v) is 5.38. The third-order valence-electron chi connectivity index (χ3n) is 4.30. The zero-order chi connectivity index (χ0) is 18.6. The van der Waals surface area contributed by atoms with Gasteiger partial charge in [0.2, 0.25) is 0 Å². The Morgan fingerprint density at radius 1 is 1.30 bits per heavy atom. The summed E-state index contributed by atoms with van der Waals surface area (Å²) in [5, 5.41) is 8.57. The van der Waals surface area contributed by atoms with E-state index in [-0.39, 0.29) is 41.5 Å². The molecule has 1 saturated heterocycles. The standard InChI is InChI=1S/C18H23N3O3S2.HI/c1-19-18(21-15-7-8-26(22,23)12-15)20-10-17-9-14(11-25-17)13-3-5-16(24-2)6-4-13;/h3-6,9,11,15H,7-8,10,12H2,1-2H3,(H2,19,20,21);1H. The molecule has 0 bridgehead atoms. The van der Waals surface area contributed by atoms with Crippen molar-refractivity contribution in [2.45, 2.75) is 19.0 Å². The summed E-state index contributed by atoms with van der Waals surface area (Å²) >= 11 is 1.68. The van der Waals surface area contributed by atoms with E-state index in [1.54, 1.807) is 25.5 Å². The predicted molar refractivity (Wildman–Crippen MR) is 122 cm³/mol. The first-order valence-electron chi connectivity index (χ1n) is 8.38. The largest absolute Gasteiger partial charge is 0.497 e. The average Bonchev–Trinajstić information content (AvgIpc) is 3.25. The lowest BCUT2D eigenvalue weighted by Crippen LogP contribution is -2.43. The first-order chi connectivity index (χ1) is 12.5. The van der Waals surface area contributed by atoms with Crippen LogP contribution in [0.3, 0.4) is 0 Å². The fourth-order valence-electron chi connectivity index (χ4n) is 2.88. The molecule has 1 aromatic carbocycles. The molecule has 1 aliphatic rings. The zero-order valence-electron chi connectivity index (χ0n) is 15.3. The lowest BCUT2D eigenvalue weighted by molar-refractivity contribution is 0.415. The van der Waals surface area contributed by atoms with Gasteiger partial charge in [0.1, 0.15) is 5.75 Å². The number of aliphatic imine (C=N–C) groups is 1. The van der Waals surface area contributed by atoms with Gasteiger partial charge in [-0.25, -0.2) is 8.42 Å². The van der Waals surface area contributed by atoms with Crippen molar-refractivity contribution in [3.63, 3.8) is 0 Å². The van der Waals surface area contributed by atoms with Crippen LogP contribution in [0.15, 0.2) is 40.7 Å². The Kier molecular flexibility index (Phi) is 7.92. The summed E-state index contributed by atoms with van der Waals surface area (Å²) in [6.07, 6.45) is 0.629. The number of ether oxygens (including phenoxy) is 1. The Balaban J connectivity index is 0.00000261. The van der Waals surface area contributed by atoms with E-state index in [1.165, 1.54) is 10.4 Å². The normalized spacial score (nSPS) is 18.6. The molecule has 6 nitrogen and oxygen atoms in total. The van der Waals surface area contributed by atoms with Crippen LogP contribution in [0.4, 0.5) is 0 Å². The molecule has 2 N–H and O–H groups in total. The van der Waals surface area contributed by atoms with Gasteiger partial charge in [-0.3, -0.25) is 4.99 Å². The monoisotopic (exact) mass is 521 g/mol. The molecule has 2 aromatic rings. The van der Waals surface area contributed by atoms with Crippen molar-refractivity contribution in [3.8, 4) is 16.9 Å². The molecule has 2 heterocycles. The molecule has 1 aromatic heterocycles. The van der Waals surface area contributed by atoms with E-state index >= 15 is 0 Å². The molecule has 0 amide bonds. The summed E-state index contributed by atoms with van der Waals surface area (Å²) in [5.41, 5.74) is 2.31. The van der Waals surface area contributed by atoms with Gasteiger partial charge < -0.3 is 15.4 Å². The zero-order valence-corrected chi connectivity index (χ0v) is 19.2. The number of thiophene rings is 1. The second kappa shape index (κ2) is 9.74. The van der Waals surface area contributed by atoms with E-state index in [2.05, 4.69) is 27.1 Å². The molecule has 9 heteroatoms. The lowest BCUT2D eigenvalue weighted by Gasteiger charge is -2.15. The van der Waals surface area contributed by atoms with E-state index in [9.17, 15) is 8.42 Å². The minimum absolute atomic E-state index is 0. The van der Waals surface area contributed by atoms with E-state index in [0.29, 0.717) is 18.9 Å². The molecular weight excluding hydrogens is 497 g/mol. The second-order valence-corrected chi connectivity index (χ2v) is 9.42. The van der Waals surface area contributed by atoms with Crippen molar-refractivity contribution in [1.29, 1.82) is 0 Å². The summed E-state index contributed by atoms with van der Waals surface area (Å²) in [6.45, 7) is 0.639. The van der Waals surface area contributed by atoms with Crippen molar-refractivity contribution in [2.24, 2.45) is 4.99 Å². The summed E-state index contributed by atoms with van der Waals surface area (Å²) in [4.78, 5) is 5.37. The van der Waals surface area contributed by atoms with Gasteiger partial charge in [-0.1, -0.05) is 12.1 Å². The molecule has 1 aliphatic heterocycles. The molecule has 27 heavy (non-hydrogen) atoms. The number of halogens is 1. The van der Waals surface area contributed by atoms with Crippen LogP contribution in [0.2, 0.25) is 0 Å². The second-order valence-electron chi connectivity index (χ2n) is 6.20. The van der Waals surface area contributed by atoms with E-state index < -0.39 is 9.84 Å². The van der Waals surface area contributed by atoms with Crippen LogP contribution in [-0.4, -0.2) is 46.1 Å². The third kappa shape index (κ3) is 6.08. The number of nitrogens with zero attached hydrogens (tertiary/aromatic N) is 1. The van der Waals surface area contributed by atoms with Crippen molar-refractivity contribution >= 4 is 51.1 Å². The highest BCUT2D eigenvalue weighted by Gasteiger charge is 2.28. The quantitative estimate of drug-likeness (QED) is 0.360. The maximum atomic E-state index is 11.6. The highest BCUT2D eigenvalue weighted by atomic mass is 127. The number of sulfone groups is 1. The van der Waals surface area contributed by atoms with Gasteiger partial charge in [-0.15, -0.1) is 35.3 Å². The van der Waals surface area contributed by atoms with Gasteiger partial charge in [-0.2, -0.15) is 0 Å². The Morgan fingerprint density at radius 3 is 2.63 bits per heavy atom. The molecule has 148 valence electrons. The minimum Gasteiger partial charge on any atom is -0.497 e. The van der Waals surface area contributed by atoms with Crippen molar-refractivity contribution in [2.75, 3.05) is 25.7 Å². The first-order valence-corrected chi connectivity index (χ1v) is 11.1. The van der Waals surface area contributed by atoms with Crippen LogP contribution in [0.5, 0.6) is 5.75 Å². The van der Waals surface area contributed by atoms with Gasteiger partial charge in [0, 0.05) is 18.0 Å². The van der Waals surface area contributed by atoms with Crippen LogP contribution >= 0.6 is 35.3 Å². The van der Waals surface area contributed by atoms with Crippen molar-refractivity contribution in [1.82, 2.24) is 10.6 Å². The molecule has 1 atom stereocenters. The molecule has 0 spiro atoms. The maximum Gasteiger partial charge on any atom is 0.191 e. The molecule has 0 aliphatic carbocycles. The average molecular weight is 521 g/mol. The Labute approximate surface area is 181 Å². The highest BCUT2D eigenvalue weighted by molar-refractivity contribution is 14.0. The number of benzene rings is 1. The molecule has 1 unspecified atom stereocenters. The molecule has 3 rings (SSSR count). The van der Waals surface area contributed by atoms with Crippen LogP contribution < -0.4 is 15.4 Å². The van der Waals surface area contributed by atoms with Gasteiger partial charge in [-0.05, 0) is 41.1 Å². The molecule has 0 saturated carbocycles. The number of nitrogens with one attached hydrogen (secondary N) is 2. The smallest absolute Gasteiger partial charge is 0.191 e. The Hall–Kier alpha value is -1.33. The van der Waals surface area contributed by atoms with E-state index in [0.717, 1.165) is 11.3 Å².